The number of anilines is 1. The van der Waals surface area contributed by atoms with Gasteiger partial charge in [-0.1, -0.05) is 12.1 Å². The number of aromatic nitrogens is 1. The van der Waals surface area contributed by atoms with E-state index in [-0.39, 0.29) is 29.8 Å². The van der Waals surface area contributed by atoms with Gasteiger partial charge in [0.1, 0.15) is 7.05 Å². The molecule has 0 unspecified atom stereocenters. The fraction of sp³-hybridized carbons (Fsp3) is 0.125. The molecule has 1 aromatic carbocycles. The Kier molecular flexibility index (Phi) is 4.23. The third kappa shape index (κ3) is 2.35. The van der Waals surface area contributed by atoms with Gasteiger partial charge in [0.25, 0.3) is 0 Å². The van der Waals surface area contributed by atoms with Crippen molar-refractivity contribution in [1.82, 2.24) is 0 Å². The van der Waals surface area contributed by atoms with Gasteiger partial charge in [0.2, 0.25) is 11.5 Å². The SMILES string of the molecule is CN1C(=Cc2cccc[n+]2C)C(=O)c2ccccc21.[I-]. The predicted molar refractivity (Wildman–Crippen MR) is 74.8 cm³/mol. The number of rotatable bonds is 1. The molecule has 4 heteroatoms. The number of nitrogens with zero attached hydrogens (tertiary/aromatic N) is 2. The van der Waals surface area contributed by atoms with Crippen molar-refractivity contribution < 1.29 is 33.3 Å². The van der Waals surface area contributed by atoms with Gasteiger partial charge < -0.3 is 28.9 Å². The Morgan fingerprint density at radius 3 is 2.50 bits per heavy atom. The summed E-state index contributed by atoms with van der Waals surface area (Å²) in [5, 5.41) is 0. The second-order valence-corrected chi connectivity index (χ2v) is 4.67. The average molecular weight is 378 g/mol. The Bertz CT molecular complexity index is 694. The summed E-state index contributed by atoms with van der Waals surface area (Å²) in [7, 11) is 3.90. The van der Waals surface area contributed by atoms with Crippen LogP contribution in [0.15, 0.2) is 54.4 Å². The number of hydrogen-bond donors (Lipinski definition) is 0. The highest BCUT2D eigenvalue weighted by Crippen LogP contribution is 2.33. The van der Waals surface area contributed by atoms with E-state index in [1.54, 1.807) is 0 Å². The molecule has 0 fully saturated rings. The fourth-order valence-electron chi connectivity index (χ4n) is 2.37. The second kappa shape index (κ2) is 5.75. The van der Waals surface area contributed by atoms with Crippen molar-refractivity contribution >= 4 is 17.5 Å². The van der Waals surface area contributed by atoms with E-state index >= 15 is 0 Å². The Balaban J connectivity index is 0.00000147. The number of benzene rings is 1. The van der Waals surface area contributed by atoms with E-state index in [2.05, 4.69) is 0 Å². The van der Waals surface area contributed by atoms with Crippen molar-refractivity contribution in [1.29, 1.82) is 0 Å². The average Bonchev–Trinajstić information content (AvgIpc) is 2.67. The zero-order valence-corrected chi connectivity index (χ0v) is 13.5. The van der Waals surface area contributed by atoms with Crippen LogP contribution in [0, 0.1) is 0 Å². The molecule has 0 N–H and O–H groups in total. The highest BCUT2D eigenvalue weighted by molar-refractivity contribution is 6.20. The van der Waals surface area contributed by atoms with E-state index in [0.717, 1.165) is 16.9 Å². The third-order valence-electron chi connectivity index (χ3n) is 3.48. The highest BCUT2D eigenvalue weighted by atomic mass is 127. The standard InChI is InChI=1S/C16H15N2O.HI/c1-17-10-6-5-7-12(17)11-15-16(19)13-8-3-4-9-14(13)18(15)2;/h3-11H,1-2H3;1H/q+1;/p-1. The smallest absolute Gasteiger partial charge is 0.211 e. The largest absolute Gasteiger partial charge is 1.00 e. The van der Waals surface area contributed by atoms with E-state index in [1.807, 2.05) is 78.3 Å². The minimum atomic E-state index is 0. The van der Waals surface area contributed by atoms with Gasteiger partial charge >= 0.3 is 0 Å². The minimum absolute atomic E-state index is 0. The predicted octanol–water partition coefficient (Wildman–Crippen LogP) is -0.811. The van der Waals surface area contributed by atoms with Crippen molar-refractivity contribution in [3.63, 3.8) is 0 Å². The summed E-state index contributed by atoms with van der Waals surface area (Å²) in [5.41, 5.74) is 3.46. The topological polar surface area (TPSA) is 24.2 Å². The Hall–Kier alpha value is -1.69. The molecule has 0 spiro atoms. The maximum atomic E-state index is 12.4. The summed E-state index contributed by atoms with van der Waals surface area (Å²) >= 11 is 0. The lowest BCUT2D eigenvalue weighted by Crippen LogP contribution is -3.00. The van der Waals surface area contributed by atoms with Gasteiger partial charge in [-0.15, -0.1) is 0 Å². The monoisotopic (exact) mass is 378 g/mol. The molecule has 1 aliphatic heterocycles. The van der Waals surface area contributed by atoms with Crippen LogP contribution in [0.3, 0.4) is 0 Å². The van der Waals surface area contributed by atoms with E-state index < -0.39 is 0 Å². The van der Waals surface area contributed by atoms with Crippen LogP contribution in [-0.2, 0) is 7.05 Å². The van der Waals surface area contributed by atoms with E-state index in [0.29, 0.717) is 5.70 Å². The van der Waals surface area contributed by atoms with Crippen molar-refractivity contribution in [2.45, 2.75) is 0 Å². The molecule has 0 aliphatic carbocycles. The molecule has 0 saturated heterocycles. The summed E-state index contributed by atoms with van der Waals surface area (Å²) < 4.78 is 2.00. The van der Waals surface area contributed by atoms with E-state index in [9.17, 15) is 4.79 Å². The number of Topliss-reactive ketones (excluding diaryl/α,β-unsaturated/α-hetero) is 1. The van der Waals surface area contributed by atoms with Crippen LogP contribution in [0.1, 0.15) is 16.1 Å². The fourth-order valence-corrected chi connectivity index (χ4v) is 2.37. The molecule has 20 heavy (non-hydrogen) atoms. The first kappa shape index (κ1) is 14.7. The first-order valence-electron chi connectivity index (χ1n) is 6.22. The number of halogens is 1. The Morgan fingerprint density at radius 2 is 1.80 bits per heavy atom. The maximum Gasteiger partial charge on any atom is 0.211 e. The Labute approximate surface area is 135 Å². The zero-order chi connectivity index (χ0) is 13.4. The lowest BCUT2D eigenvalue weighted by molar-refractivity contribution is -0.673. The number of carbonyl (C=O) groups excluding carboxylic acids is 1. The number of aryl methyl sites for hydroxylation is 1. The minimum Gasteiger partial charge on any atom is -1.00 e. The van der Waals surface area contributed by atoms with Crippen LogP contribution in [0.4, 0.5) is 5.69 Å². The quantitative estimate of drug-likeness (QED) is 0.368. The van der Waals surface area contributed by atoms with Gasteiger partial charge in [-0.2, -0.15) is 0 Å². The first-order valence-corrected chi connectivity index (χ1v) is 6.22. The molecule has 0 amide bonds. The molecule has 102 valence electrons. The van der Waals surface area contributed by atoms with Gasteiger partial charge in [-0.25, -0.2) is 4.57 Å². The van der Waals surface area contributed by atoms with Crippen LogP contribution < -0.4 is 33.4 Å². The number of hydrogen-bond acceptors (Lipinski definition) is 2. The molecule has 3 rings (SSSR count). The summed E-state index contributed by atoms with van der Waals surface area (Å²) in [4.78, 5) is 14.4. The van der Waals surface area contributed by atoms with Crippen molar-refractivity contribution in [3.05, 3.63) is 65.6 Å². The van der Waals surface area contributed by atoms with Crippen LogP contribution in [0.25, 0.3) is 6.08 Å². The van der Waals surface area contributed by atoms with Gasteiger partial charge in [-0.05, 0) is 18.2 Å². The third-order valence-corrected chi connectivity index (χ3v) is 3.48. The Morgan fingerprint density at radius 1 is 1.10 bits per heavy atom. The van der Waals surface area contributed by atoms with Gasteiger partial charge in [0, 0.05) is 30.8 Å². The first-order chi connectivity index (χ1) is 9.18. The molecule has 2 heterocycles. The molecule has 3 nitrogen and oxygen atoms in total. The molecule has 0 atom stereocenters. The van der Waals surface area contributed by atoms with Crippen LogP contribution in [0.5, 0.6) is 0 Å². The van der Waals surface area contributed by atoms with Crippen LogP contribution in [0.2, 0.25) is 0 Å². The number of para-hydroxylation sites is 1. The second-order valence-electron chi connectivity index (χ2n) is 4.67. The lowest BCUT2D eigenvalue weighted by Gasteiger charge is -2.12. The number of allylic oxidation sites excluding steroid dienone is 1. The normalized spacial score (nSPS) is 15.2. The van der Waals surface area contributed by atoms with Crippen molar-refractivity contribution in [2.24, 2.45) is 7.05 Å². The molecule has 0 bridgehead atoms. The number of ketones is 1. The molecular weight excluding hydrogens is 363 g/mol. The highest BCUT2D eigenvalue weighted by Gasteiger charge is 2.29. The molecular formula is C16H15IN2O. The molecule has 0 saturated carbocycles. The lowest BCUT2D eigenvalue weighted by atomic mass is 10.1. The summed E-state index contributed by atoms with van der Waals surface area (Å²) in [6.07, 6.45) is 3.90. The van der Waals surface area contributed by atoms with E-state index in [4.69, 9.17) is 0 Å². The van der Waals surface area contributed by atoms with Gasteiger partial charge in [0.05, 0.1) is 11.4 Å². The van der Waals surface area contributed by atoms with Crippen molar-refractivity contribution in [3.8, 4) is 0 Å². The van der Waals surface area contributed by atoms with Crippen molar-refractivity contribution in [2.75, 3.05) is 11.9 Å². The summed E-state index contributed by atoms with van der Waals surface area (Å²) in [6, 6.07) is 13.6. The summed E-state index contributed by atoms with van der Waals surface area (Å²) in [6.45, 7) is 0. The summed E-state index contributed by atoms with van der Waals surface area (Å²) in [5.74, 6) is 0.0851. The van der Waals surface area contributed by atoms with Gasteiger partial charge in [-0.3, -0.25) is 4.79 Å². The number of fused-ring (bicyclic) bond motifs is 1. The molecule has 1 aliphatic rings. The number of carbonyl (C=O) groups is 1. The number of likely N-dealkylation sites (N-methyl/N-ethyl adjacent to an activating group) is 1. The molecule has 0 radical (unpaired) electrons. The van der Waals surface area contributed by atoms with Gasteiger partial charge in [0.15, 0.2) is 6.20 Å². The maximum absolute atomic E-state index is 12.4. The number of pyridine rings is 1. The molecule has 1 aromatic heterocycles. The van der Waals surface area contributed by atoms with E-state index in [1.165, 1.54) is 0 Å². The zero-order valence-electron chi connectivity index (χ0n) is 11.4. The van der Waals surface area contributed by atoms with Crippen LogP contribution >= 0.6 is 0 Å². The molecule has 2 aromatic rings. The van der Waals surface area contributed by atoms with Crippen LogP contribution in [-0.4, -0.2) is 12.8 Å².